The van der Waals surface area contributed by atoms with Crippen LogP contribution in [0.25, 0.3) is 0 Å². The molecule has 0 bridgehead atoms. The van der Waals surface area contributed by atoms with E-state index in [1.54, 1.807) is 0 Å². The predicted octanol–water partition coefficient (Wildman–Crippen LogP) is 1.38. The Hall–Kier alpha value is -0.410. The fourth-order valence-electron chi connectivity index (χ4n) is 3.26. The van der Waals surface area contributed by atoms with Gasteiger partial charge in [-0.05, 0) is 32.9 Å². The maximum atomic E-state index is 11.9. The lowest BCUT2D eigenvalue weighted by atomic mass is 9.93. The van der Waals surface area contributed by atoms with E-state index in [0.717, 1.165) is 32.4 Å². The molecule has 2 rings (SSSR count). The first-order valence-corrected chi connectivity index (χ1v) is 6.53. The van der Waals surface area contributed by atoms with Crippen molar-refractivity contribution in [2.45, 2.75) is 44.7 Å². The number of ketones is 1. The van der Waals surface area contributed by atoms with Gasteiger partial charge in [-0.1, -0.05) is 13.3 Å². The van der Waals surface area contributed by atoms with Crippen molar-refractivity contribution in [3.63, 3.8) is 0 Å². The van der Waals surface area contributed by atoms with Gasteiger partial charge in [0.1, 0.15) is 5.78 Å². The van der Waals surface area contributed by atoms with Gasteiger partial charge in [-0.2, -0.15) is 0 Å². The van der Waals surface area contributed by atoms with Gasteiger partial charge in [0, 0.05) is 25.6 Å². The van der Waals surface area contributed by atoms with Gasteiger partial charge in [0.15, 0.2) is 0 Å². The third-order valence-electron chi connectivity index (χ3n) is 4.23. The van der Waals surface area contributed by atoms with E-state index >= 15 is 0 Å². The monoisotopic (exact) mass is 224 g/mol. The summed E-state index contributed by atoms with van der Waals surface area (Å²) in [6, 6.07) is 0.857. The Labute approximate surface area is 98.8 Å². The maximum Gasteiger partial charge on any atom is 0.149 e. The Morgan fingerprint density at radius 2 is 2.00 bits per heavy atom. The first-order chi connectivity index (χ1) is 7.59. The van der Waals surface area contributed by atoms with E-state index in [2.05, 4.69) is 30.8 Å². The number of Topliss-reactive ketones (excluding diaryl/α,β-unsaturated/α-hetero) is 1. The van der Waals surface area contributed by atoms with Crippen LogP contribution in [0.3, 0.4) is 0 Å². The van der Waals surface area contributed by atoms with Crippen LogP contribution in [-0.2, 0) is 4.79 Å². The molecular weight excluding hydrogens is 200 g/mol. The number of hydrogen-bond acceptors (Lipinski definition) is 3. The second kappa shape index (κ2) is 4.84. The molecule has 1 aliphatic carbocycles. The number of hydrogen-bond donors (Lipinski definition) is 0. The minimum Gasteiger partial charge on any atom is -0.305 e. The van der Waals surface area contributed by atoms with Gasteiger partial charge in [0.25, 0.3) is 0 Å². The maximum absolute atomic E-state index is 11.9. The number of likely N-dealkylation sites (N-methyl/N-ethyl adjacent to an activating group) is 1. The Bertz CT molecular complexity index is 265. The summed E-state index contributed by atoms with van der Waals surface area (Å²) in [7, 11) is 4.29. The largest absolute Gasteiger partial charge is 0.305 e. The molecule has 1 saturated heterocycles. The molecule has 2 aliphatic rings. The minimum absolute atomic E-state index is 0.237. The third-order valence-corrected chi connectivity index (χ3v) is 4.23. The summed E-state index contributed by atoms with van der Waals surface area (Å²) in [6.45, 7) is 4.47. The van der Waals surface area contributed by atoms with Crippen LogP contribution >= 0.6 is 0 Å². The van der Waals surface area contributed by atoms with E-state index in [1.807, 2.05) is 0 Å². The van der Waals surface area contributed by atoms with Crippen LogP contribution in [0.2, 0.25) is 0 Å². The molecule has 3 atom stereocenters. The van der Waals surface area contributed by atoms with Crippen LogP contribution in [-0.4, -0.2) is 54.9 Å². The lowest BCUT2D eigenvalue weighted by molar-refractivity contribution is -0.125. The highest BCUT2D eigenvalue weighted by Crippen LogP contribution is 2.27. The van der Waals surface area contributed by atoms with E-state index in [-0.39, 0.29) is 6.04 Å². The Morgan fingerprint density at radius 1 is 1.25 bits per heavy atom. The molecular formula is C13H24N2O. The number of likely N-dealkylation sites (tertiary alicyclic amines) is 1. The minimum atomic E-state index is 0.237. The zero-order valence-corrected chi connectivity index (χ0v) is 10.8. The summed E-state index contributed by atoms with van der Waals surface area (Å²) in [5, 5.41) is 0. The van der Waals surface area contributed by atoms with E-state index in [0.29, 0.717) is 17.7 Å². The Balaban J connectivity index is 1.98. The van der Waals surface area contributed by atoms with Gasteiger partial charge < -0.3 is 4.90 Å². The second-order valence-corrected chi connectivity index (χ2v) is 5.69. The molecule has 92 valence electrons. The average Bonchev–Trinajstić information content (AvgIpc) is 2.61. The number of carbonyl (C=O) groups is 1. The van der Waals surface area contributed by atoms with Crippen LogP contribution in [0.4, 0.5) is 0 Å². The Morgan fingerprint density at radius 3 is 2.56 bits per heavy atom. The van der Waals surface area contributed by atoms with Crippen molar-refractivity contribution < 1.29 is 4.79 Å². The van der Waals surface area contributed by atoms with Gasteiger partial charge >= 0.3 is 0 Å². The molecule has 0 spiro atoms. The lowest BCUT2D eigenvalue weighted by Crippen LogP contribution is -2.43. The second-order valence-electron chi connectivity index (χ2n) is 5.69. The van der Waals surface area contributed by atoms with Gasteiger partial charge in [-0.3, -0.25) is 9.69 Å². The van der Waals surface area contributed by atoms with Crippen LogP contribution in [0.15, 0.2) is 0 Å². The van der Waals surface area contributed by atoms with Crippen molar-refractivity contribution in [2.75, 3.05) is 27.2 Å². The predicted molar refractivity (Wildman–Crippen MR) is 65.5 cm³/mol. The lowest BCUT2D eigenvalue weighted by Gasteiger charge is -2.30. The molecule has 0 radical (unpaired) electrons. The molecule has 1 aliphatic heterocycles. The number of nitrogens with zero attached hydrogens (tertiary/aromatic N) is 2. The normalized spacial score (nSPS) is 37.2. The number of rotatable bonds is 2. The summed E-state index contributed by atoms with van der Waals surface area (Å²) in [5.41, 5.74) is 0. The van der Waals surface area contributed by atoms with E-state index < -0.39 is 0 Å². The SMILES string of the molecule is CC1CN(C2CCCCC2=O)CC1N(C)C. The third kappa shape index (κ3) is 2.30. The zero-order valence-electron chi connectivity index (χ0n) is 10.8. The van der Waals surface area contributed by atoms with Crippen molar-refractivity contribution in [1.29, 1.82) is 0 Å². The smallest absolute Gasteiger partial charge is 0.149 e. The highest BCUT2D eigenvalue weighted by molar-refractivity contribution is 5.84. The van der Waals surface area contributed by atoms with Gasteiger partial charge in [-0.15, -0.1) is 0 Å². The summed E-state index contributed by atoms with van der Waals surface area (Å²) in [4.78, 5) is 16.6. The van der Waals surface area contributed by atoms with Gasteiger partial charge in [0.05, 0.1) is 6.04 Å². The molecule has 2 fully saturated rings. The zero-order chi connectivity index (χ0) is 11.7. The van der Waals surface area contributed by atoms with Crippen LogP contribution in [0, 0.1) is 5.92 Å². The van der Waals surface area contributed by atoms with Crippen molar-refractivity contribution in [2.24, 2.45) is 5.92 Å². The molecule has 0 amide bonds. The Kier molecular flexibility index (Phi) is 3.65. The topological polar surface area (TPSA) is 23.6 Å². The molecule has 0 aromatic carbocycles. The summed E-state index contributed by atoms with van der Waals surface area (Å²) in [5.74, 6) is 1.17. The molecule has 0 aromatic rings. The van der Waals surface area contributed by atoms with E-state index in [1.165, 1.54) is 6.42 Å². The van der Waals surface area contributed by atoms with Gasteiger partial charge in [0.2, 0.25) is 0 Å². The van der Waals surface area contributed by atoms with E-state index in [9.17, 15) is 4.79 Å². The van der Waals surface area contributed by atoms with Crippen molar-refractivity contribution >= 4 is 5.78 Å². The summed E-state index contributed by atoms with van der Waals surface area (Å²) in [6.07, 6.45) is 4.23. The fourth-order valence-corrected chi connectivity index (χ4v) is 3.26. The van der Waals surface area contributed by atoms with E-state index in [4.69, 9.17) is 0 Å². The highest BCUT2D eigenvalue weighted by atomic mass is 16.1. The summed E-state index contributed by atoms with van der Waals surface area (Å²) >= 11 is 0. The molecule has 1 heterocycles. The van der Waals surface area contributed by atoms with Crippen LogP contribution < -0.4 is 0 Å². The van der Waals surface area contributed by atoms with Crippen molar-refractivity contribution in [3.8, 4) is 0 Å². The van der Waals surface area contributed by atoms with Crippen molar-refractivity contribution in [3.05, 3.63) is 0 Å². The molecule has 3 unspecified atom stereocenters. The molecule has 0 N–H and O–H groups in total. The first-order valence-electron chi connectivity index (χ1n) is 6.53. The highest BCUT2D eigenvalue weighted by Gasteiger charge is 2.37. The van der Waals surface area contributed by atoms with Crippen molar-refractivity contribution in [1.82, 2.24) is 9.80 Å². The molecule has 1 saturated carbocycles. The first kappa shape index (κ1) is 12.1. The average molecular weight is 224 g/mol. The molecule has 16 heavy (non-hydrogen) atoms. The quantitative estimate of drug-likeness (QED) is 0.708. The number of carbonyl (C=O) groups excluding carboxylic acids is 1. The van der Waals surface area contributed by atoms with Crippen LogP contribution in [0.5, 0.6) is 0 Å². The fraction of sp³-hybridized carbons (Fsp3) is 0.923. The molecule has 3 nitrogen and oxygen atoms in total. The molecule has 3 heteroatoms. The summed E-state index contributed by atoms with van der Waals surface area (Å²) < 4.78 is 0. The molecule has 0 aromatic heterocycles. The standard InChI is InChI=1S/C13H24N2O/c1-10-8-15(9-12(10)14(2)3)11-6-4-5-7-13(11)16/h10-12H,4-9H2,1-3H3. The van der Waals surface area contributed by atoms with Crippen LogP contribution in [0.1, 0.15) is 32.6 Å². The van der Waals surface area contributed by atoms with Gasteiger partial charge in [-0.25, -0.2) is 0 Å².